The van der Waals surface area contributed by atoms with Gasteiger partial charge in [0.15, 0.2) is 0 Å². The van der Waals surface area contributed by atoms with Crippen LogP contribution in [0.2, 0.25) is 0 Å². The third-order valence-electron chi connectivity index (χ3n) is 2.87. The van der Waals surface area contributed by atoms with Gasteiger partial charge in [0, 0.05) is 36.0 Å². The fourth-order valence-corrected chi connectivity index (χ4v) is 2.35. The highest BCUT2D eigenvalue weighted by atomic mass is 35.5. The molecule has 0 aliphatic rings. The van der Waals surface area contributed by atoms with Gasteiger partial charge in [-0.25, -0.2) is 0 Å². The van der Waals surface area contributed by atoms with Crippen LogP contribution >= 0.6 is 23.2 Å². The smallest absolute Gasteiger partial charge is 0.303 e. The second-order valence-electron chi connectivity index (χ2n) is 5.03. The van der Waals surface area contributed by atoms with Crippen LogP contribution in [0.3, 0.4) is 0 Å². The number of carboxylic acid groups (broad SMARTS) is 1. The van der Waals surface area contributed by atoms with Gasteiger partial charge in [0.25, 0.3) is 0 Å². The Labute approximate surface area is 130 Å². The predicted molar refractivity (Wildman–Crippen MR) is 85.2 cm³/mol. The highest BCUT2D eigenvalue weighted by molar-refractivity contribution is 6.21. The van der Waals surface area contributed by atoms with Crippen molar-refractivity contribution in [1.29, 1.82) is 0 Å². The van der Waals surface area contributed by atoms with Crippen LogP contribution in [0, 0.1) is 0 Å². The van der Waals surface area contributed by atoms with Gasteiger partial charge >= 0.3 is 5.97 Å². The SMILES string of the molecule is CC(Cl)CN(CC(C)Cl)c1ccc(CCC(=O)O)cc1. The fraction of sp³-hybridized carbons (Fsp3) is 0.533. The van der Waals surface area contributed by atoms with Gasteiger partial charge in [-0.1, -0.05) is 12.1 Å². The van der Waals surface area contributed by atoms with Crippen molar-refractivity contribution in [3.05, 3.63) is 29.8 Å². The van der Waals surface area contributed by atoms with E-state index in [4.69, 9.17) is 28.3 Å². The molecule has 2 atom stereocenters. The molecule has 0 radical (unpaired) electrons. The molecule has 0 amide bonds. The van der Waals surface area contributed by atoms with Crippen molar-refractivity contribution in [2.24, 2.45) is 0 Å². The second kappa shape index (κ2) is 8.38. The van der Waals surface area contributed by atoms with E-state index in [2.05, 4.69) is 4.90 Å². The van der Waals surface area contributed by atoms with Gasteiger partial charge < -0.3 is 10.0 Å². The Morgan fingerprint density at radius 3 is 2.05 bits per heavy atom. The highest BCUT2D eigenvalue weighted by Gasteiger charge is 2.12. The predicted octanol–water partition coefficient (Wildman–Crippen LogP) is 3.76. The lowest BCUT2D eigenvalue weighted by Gasteiger charge is -2.27. The lowest BCUT2D eigenvalue weighted by atomic mass is 10.1. The zero-order valence-electron chi connectivity index (χ0n) is 11.9. The second-order valence-corrected chi connectivity index (χ2v) is 6.52. The van der Waals surface area contributed by atoms with Crippen molar-refractivity contribution in [2.45, 2.75) is 37.4 Å². The lowest BCUT2D eigenvalue weighted by molar-refractivity contribution is -0.136. The molecule has 0 bridgehead atoms. The van der Waals surface area contributed by atoms with E-state index >= 15 is 0 Å². The number of hydrogen-bond acceptors (Lipinski definition) is 2. The largest absolute Gasteiger partial charge is 0.481 e. The van der Waals surface area contributed by atoms with Gasteiger partial charge in [0.1, 0.15) is 0 Å². The van der Waals surface area contributed by atoms with E-state index in [0.29, 0.717) is 6.42 Å². The van der Waals surface area contributed by atoms with Crippen LogP contribution < -0.4 is 4.90 Å². The minimum atomic E-state index is -0.775. The van der Waals surface area contributed by atoms with Crippen LogP contribution in [0.4, 0.5) is 5.69 Å². The molecule has 0 heterocycles. The first-order valence-corrected chi connectivity index (χ1v) is 7.59. The molecule has 0 saturated carbocycles. The van der Waals surface area contributed by atoms with E-state index in [-0.39, 0.29) is 17.2 Å². The maximum absolute atomic E-state index is 10.6. The zero-order chi connectivity index (χ0) is 15.1. The van der Waals surface area contributed by atoms with Gasteiger partial charge in [-0.3, -0.25) is 4.79 Å². The Hall–Kier alpha value is -0.930. The van der Waals surface area contributed by atoms with Crippen LogP contribution in [-0.2, 0) is 11.2 Å². The summed E-state index contributed by atoms with van der Waals surface area (Å²) in [5, 5.41) is 8.76. The van der Waals surface area contributed by atoms with E-state index in [1.807, 2.05) is 38.1 Å². The number of hydrogen-bond donors (Lipinski definition) is 1. The summed E-state index contributed by atoms with van der Waals surface area (Å²) in [6.45, 7) is 5.36. The Balaban J connectivity index is 2.73. The minimum Gasteiger partial charge on any atom is -0.481 e. The van der Waals surface area contributed by atoms with Gasteiger partial charge in [0.2, 0.25) is 0 Å². The molecule has 1 N–H and O–H groups in total. The van der Waals surface area contributed by atoms with Crippen molar-refractivity contribution in [3.8, 4) is 0 Å². The van der Waals surface area contributed by atoms with Crippen molar-refractivity contribution in [2.75, 3.05) is 18.0 Å². The van der Waals surface area contributed by atoms with Crippen molar-refractivity contribution >= 4 is 34.9 Å². The standard InChI is InChI=1S/C15H21Cl2NO2/c1-11(16)9-18(10-12(2)17)14-6-3-13(4-7-14)5-8-15(19)20/h3-4,6-7,11-12H,5,8-10H2,1-2H3,(H,19,20). The lowest BCUT2D eigenvalue weighted by Crippen LogP contribution is -2.33. The molecular weight excluding hydrogens is 297 g/mol. The van der Waals surface area contributed by atoms with Crippen LogP contribution in [0.1, 0.15) is 25.8 Å². The normalized spacial score (nSPS) is 13.8. The third kappa shape index (κ3) is 6.49. The Morgan fingerprint density at radius 2 is 1.65 bits per heavy atom. The fourth-order valence-electron chi connectivity index (χ4n) is 2.02. The highest BCUT2D eigenvalue weighted by Crippen LogP contribution is 2.19. The summed E-state index contributed by atoms with van der Waals surface area (Å²) in [7, 11) is 0. The van der Waals surface area contributed by atoms with Crippen LogP contribution in [0.15, 0.2) is 24.3 Å². The maximum Gasteiger partial charge on any atom is 0.303 e. The molecule has 0 fully saturated rings. The van der Waals surface area contributed by atoms with E-state index in [1.54, 1.807) is 0 Å². The maximum atomic E-state index is 10.6. The van der Waals surface area contributed by atoms with Gasteiger partial charge in [0.05, 0.1) is 0 Å². The molecule has 2 unspecified atom stereocenters. The Kier molecular flexibility index (Phi) is 7.17. The van der Waals surface area contributed by atoms with Gasteiger partial charge in [-0.15, -0.1) is 23.2 Å². The molecule has 1 rings (SSSR count). The monoisotopic (exact) mass is 317 g/mol. The molecule has 1 aromatic rings. The summed E-state index contributed by atoms with van der Waals surface area (Å²) < 4.78 is 0. The Bertz CT molecular complexity index is 408. The number of anilines is 1. The number of nitrogens with zero attached hydrogens (tertiary/aromatic N) is 1. The first-order chi connectivity index (χ1) is 9.38. The molecule has 0 saturated heterocycles. The van der Waals surface area contributed by atoms with Gasteiger partial charge in [-0.05, 0) is 38.0 Å². The summed E-state index contributed by atoms with van der Waals surface area (Å²) in [5.41, 5.74) is 2.08. The molecule has 20 heavy (non-hydrogen) atoms. The summed E-state index contributed by atoms with van der Waals surface area (Å²) in [6, 6.07) is 7.91. The molecule has 1 aromatic carbocycles. The number of rotatable bonds is 8. The Morgan fingerprint density at radius 1 is 1.15 bits per heavy atom. The van der Waals surface area contributed by atoms with Crippen molar-refractivity contribution in [1.82, 2.24) is 0 Å². The van der Waals surface area contributed by atoms with E-state index in [0.717, 1.165) is 24.3 Å². The first kappa shape index (κ1) is 17.1. The molecule has 112 valence electrons. The van der Waals surface area contributed by atoms with Crippen LogP contribution in [0.25, 0.3) is 0 Å². The summed E-state index contributed by atoms with van der Waals surface area (Å²) in [6.07, 6.45) is 0.702. The number of carbonyl (C=O) groups is 1. The average molecular weight is 318 g/mol. The third-order valence-corrected chi connectivity index (χ3v) is 3.15. The molecule has 0 aliphatic heterocycles. The number of halogens is 2. The summed E-state index contributed by atoms with van der Waals surface area (Å²) in [5.74, 6) is -0.775. The average Bonchev–Trinajstić information content (AvgIpc) is 2.35. The quantitative estimate of drug-likeness (QED) is 0.742. The zero-order valence-corrected chi connectivity index (χ0v) is 13.4. The number of aryl methyl sites for hydroxylation is 1. The number of aliphatic carboxylic acids is 1. The molecular formula is C15H21Cl2NO2. The molecule has 0 aromatic heterocycles. The first-order valence-electron chi connectivity index (χ1n) is 6.72. The number of benzene rings is 1. The minimum absolute atomic E-state index is 0.0390. The molecule has 3 nitrogen and oxygen atoms in total. The van der Waals surface area contributed by atoms with E-state index < -0.39 is 5.97 Å². The van der Waals surface area contributed by atoms with Crippen LogP contribution in [-0.4, -0.2) is 34.9 Å². The van der Waals surface area contributed by atoms with E-state index in [1.165, 1.54) is 0 Å². The van der Waals surface area contributed by atoms with Crippen molar-refractivity contribution in [3.63, 3.8) is 0 Å². The summed E-state index contributed by atoms with van der Waals surface area (Å²) >= 11 is 12.1. The number of carboxylic acids is 1. The van der Waals surface area contributed by atoms with Gasteiger partial charge in [-0.2, -0.15) is 0 Å². The van der Waals surface area contributed by atoms with Crippen LogP contribution in [0.5, 0.6) is 0 Å². The number of alkyl halides is 2. The topological polar surface area (TPSA) is 40.5 Å². The van der Waals surface area contributed by atoms with Crippen molar-refractivity contribution < 1.29 is 9.90 Å². The van der Waals surface area contributed by atoms with E-state index in [9.17, 15) is 4.79 Å². The molecule has 0 aliphatic carbocycles. The molecule has 5 heteroatoms. The summed E-state index contributed by atoms with van der Waals surface area (Å²) in [4.78, 5) is 12.7. The molecule has 0 spiro atoms.